The number of nitrogens with zero attached hydrogens (tertiary/aromatic N) is 1. The van der Waals surface area contributed by atoms with Gasteiger partial charge in [-0.05, 0) is 30.7 Å². The molecule has 128 valence electrons. The van der Waals surface area contributed by atoms with Crippen molar-refractivity contribution in [1.82, 2.24) is 10.3 Å². The molecule has 1 amide bonds. The van der Waals surface area contributed by atoms with Crippen molar-refractivity contribution < 1.29 is 22.7 Å². The smallest absolute Gasteiger partial charge is 0.405 e. The van der Waals surface area contributed by atoms with Gasteiger partial charge in [0, 0.05) is 11.5 Å². The predicted molar refractivity (Wildman–Crippen MR) is 85.7 cm³/mol. The number of benzene rings is 1. The minimum Gasteiger partial charge on any atom is -0.487 e. The van der Waals surface area contributed by atoms with Gasteiger partial charge in [-0.25, -0.2) is 4.98 Å². The molecule has 24 heavy (non-hydrogen) atoms. The number of halogens is 3. The van der Waals surface area contributed by atoms with Gasteiger partial charge >= 0.3 is 6.18 Å². The van der Waals surface area contributed by atoms with E-state index in [0.717, 1.165) is 16.8 Å². The number of aromatic nitrogens is 1. The van der Waals surface area contributed by atoms with Crippen molar-refractivity contribution >= 4 is 23.3 Å². The quantitative estimate of drug-likeness (QED) is 0.803. The Morgan fingerprint density at radius 1 is 1.42 bits per heavy atom. The Hall–Kier alpha value is -2.35. The highest BCUT2D eigenvalue weighted by atomic mass is 32.1. The molecule has 0 unspecified atom stereocenters. The molecule has 0 saturated heterocycles. The standard InChI is InChI=1S/C16H15F3N2O2S/c1-11-21-13(9-24-11)8-23-14-4-2-3-12(7-14)5-6-15(22)20-10-16(17,18)19/h2-7,9H,8,10H2,1H3,(H,20,22)/b6-5+. The van der Waals surface area contributed by atoms with Gasteiger partial charge in [0.2, 0.25) is 5.91 Å². The van der Waals surface area contributed by atoms with E-state index in [0.29, 0.717) is 17.9 Å². The second-order valence-corrected chi connectivity index (χ2v) is 5.95. The summed E-state index contributed by atoms with van der Waals surface area (Å²) in [6.07, 6.45) is -1.95. The van der Waals surface area contributed by atoms with Crippen LogP contribution in [0.3, 0.4) is 0 Å². The maximum Gasteiger partial charge on any atom is 0.405 e. The van der Waals surface area contributed by atoms with Crippen LogP contribution in [-0.2, 0) is 11.4 Å². The molecule has 0 fully saturated rings. The molecule has 2 rings (SSSR count). The fraction of sp³-hybridized carbons (Fsp3) is 0.250. The minimum absolute atomic E-state index is 0.323. The molecule has 0 aliphatic carbocycles. The first kappa shape index (κ1) is 18.0. The molecule has 0 atom stereocenters. The van der Waals surface area contributed by atoms with Crippen LogP contribution < -0.4 is 10.1 Å². The van der Waals surface area contributed by atoms with Gasteiger partial charge in [-0.15, -0.1) is 11.3 Å². The number of thiazole rings is 1. The molecule has 0 aliphatic rings. The number of ether oxygens (including phenoxy) is 1. The van der Waals surface area contributed by atoms with E-state index in [4.69, 9.17) is 4.74 Å². The van der Waals surface area contributed by atoms with Crippen molar-refractivity contribution in [3.63, 3.8) is 0 Å². The summed E-state index contributed by atoms with van der Waals surface area (Å²) in [5, 5.41) is 4.63. The lowest BCUT2D eigenvalue weighted by Gasteiger charge is -2.06. The van der Waals surface area contributed by atoms with Gasteiger partial charge in [0.15, 0.2) is 0 Å². The van der Waals surface area contributed by atoms with E-state index < -0.39 is 18.6 Å². The number of alkyl halides is 3. The molecule has 0 spiro atoms. The average Bonchev–Trinajstić information content (AvgIpc) is 2.94. The van der Waals surface area contributed by atoms with Crippen LogP contribution in [0, 0.1) is 6.92 Å². The van der Waals surface area contributed by atoms with Crippen LogP contribution in [-0.4, -0.2) is 23.6 Å². The Bertz CT molecular complexity index is 726. The summed E-state index contributed by atoms with van der Waals surface area (Å²) in [4.78, 5) is 15.6. The lowest BCUT2D eigenvalue weighted by molar-refractivity contribution is -0.135. The zero-order valence-corrected chi connectivity index (χ0v) is 13.6. The fourth-order valence-corrected chi connectivity index (χ4v) is 2.36. The maximum atomic E-state index is 12.0. The minimum atomic E-state index is -4.43. The summed E-state index contributed by atoms with van der Waals surface area (Å²) in [6.45, 7) is 0.874. The Labute approximate surface area is 141 Å². The number of hydrogen-bond donors (Lipinski definition) is 1. The van der Waals surface area contributed by atoms with Gasteiger partial charge in [0.25, 0.3) is 0 Å². The van der Waals surface area contributed by atoms with Gasteiger partial charge < -0.3 is 10.1 Å². The summed E-state index contributed by atoms with van der Waals surface area (Å²) in [6, 6.07) is 6.88. The van der Waals surface area contributed by atoms with E-state index in [1.807, 2.05) is 12.3 Å². The Morgan fingerprint density at radius 3 is 2.88 bits per heavy atom. The summed E-state index contributed by atoms with van der Waals surface area (Å²) in [5.41, 5.74) is 1.47. The lowest BCUT2D eigenvalue weighted by Crippen LogP contribution is -2.32. The SMILES string of the molecule is Cc1nc(COc2cccc(/C=C/C(=O)NCC(F)(F)F)c2)cs1. The van der Waals surface area contributed by atoms with E-state index >= 15 is 0 Å². The van der Waals surface area contributed by atoms with Gasteiger partial charge in [0.05, 0.1) is 10.7 Å². The molecule has 2 aromatic rings. The second kappa shape index (κ2) is 7.96. The number of carbonyl (C=O) groups is 1. The number of hydrogen-bond acceptors (Lipinski definition) is 4. The molecule has 1 N–H and O–H groups in total. The first-order valence-electron chi connectivity index (χ1n) is 6.98. The monoisotopic (exact) mass is 356 g/mol. The van der Waals surface area contributed by atoms with E-state index in [9.17, 15) is 18.0 Å². The number of rotatable bonds is 6. The molecule has 4 nitrogen and oxygen atoms in total. The van der Waals surface area contributed by atoms with Crippen LogP contribution in [0.15, 0.2) is 35.7 Å². The molecular weight excluding hydrogens is 341 g/mol. The lowest BCUT2D eigenvalue weighted by atomic mass is 10.2. The highest BCUT2D eigenvalue weighted by molar-refractivity contribution is 7.09. The molecule has 0 bridgehead atoms. The van der Waals surface area contributed by atoms with Crippen LogP contribution in [0.25, 0.3) is 6.08 Å². The van der Waals surface area contributed by atoms with Gasteiger partial charge in [-0.1, -0.05) is 12.1 Å². The van der Waals surface area contributed by atoms with Crippen LogP contribution >= 0.6 is 11.3 Å². The third-order valence-corrected chi connectivity index (χ3v) is 3.62. The Kier molecular flexibility index (Phi) is 5.97. The third-order valence-electron chi connectivity index (χ3n) is 2.80. The zero-order valence-electron chi connectivity index (χ0n) is 12.8. The fourth-order valence-electron chi connectivity index (χ4n) is 1.76. The topological polar surface area (TPSA) is 51.2 Å². The van der Waals surface area contributed by atoms with Crippen molar-refractivity contribution in [3.8, 4) is 5.75 Å². The summed E-state index contributed by atoms with van der Waals surface area (Å²) in [7, 11) is 0. The first-order valence-corrected chi connectivity index (χ1v) is 7.86. The maximum absolute atomic E-state index is 12.0. The molecule has 1 aromatic carbocycles. The van der Waals surface area contributed by atoms with Crippen molar-refractivity contribution in [2.75, 3.05) is 6.54 Å². The largest absolute Gasteiger partial charge is 0.487 e. The van der Waals surface area contributed by atoms with Crippen molar-refractivity contribution in [2.45, 2.75) is 19.7 Å². The van der Waals surface area contributed by atoms with Crippen LogP contribution in [0.4, 0.5) is 13.2 Å². The number of aryl methyl sites for hydroxylation is 1. The highest BCUT2D eigenvalue weighted by Gasteiger charge is 2.27. The molecule has 1 aromatic heterocycles. The first-order chi connectivity index (χ1) is 11.3. The number of amides is 1. The summed E-state index contributed by atoms with van der Waals surface area (Å²) < 4.78 is 41.6. The number of nitrogens with one attached hydrogen (secondary N) is 1. The van der Waals surface area contributed by atoms with Gasteiger partial charge in [0.1, 0.15) is 18.9 Å². The van der Waals surface area contributed by atoms with E-state index in [1.54, 1.807) is 29.6 Å². The van der Waals surface area contributed by atoms with Crippen LogP contribution in [0.5, 0.6) is 5.75 Å². The van der Waals surface area contributed by atoms with Crippen LogP contribution in [0.1, 0.15) is 16.3 Å². The summed E-state index contributed by atoms with van der Waals surface area (Å²) in [5.74, 6) is -0.227. The van der Waals surface area contributed by atoms with Gasteiger partial charge in [-0.3, -0.25) is 4.79 Å². The van der Waals surface area contributed by atoms with Crippen LogP contribution in [0.2, 0.25) is 0 Å². The predicted octanol–water partition coefficient (Wildman–Crippen LogP) is 3.72. The molecule has 0 aliphatic heterocycles. The Balaban J connectivity index is 1.89. The highest BCUT2D eigenvalue weighted by Crippen LogP contribution is 2.17. The normalized spacial score (nSPS) is 11.7. The molecule has 1 heterocycles. The Morgan fingerprint density at radius 2 is 2.21 bits per heavy atom. The van der Waals surface area contributed by atoms with E-state index in [-0.39, 0.29) is 0 Å². The van der Waals surface area contributed by atoms with E-state index in [1.165, 1.54) is 17.4 Å². The number of carbonyl (C=O) groups excluding carboxylic acids is 1. The zero-order chi connectivity index (χ0) is 17.6. The molecular formula is C16H15F3N2O2S. The van der Waals surface area contributed by atoms with Crippen molar-refractivity contribution in [1.29, 1.82) is 0 Å². The van der Waals surface area contributed by atoms with Gasteiger partial charge in [-0.2, -0.15) is 13.2 Å². The second-order valence-electron chi connectivity index (χ2n) is 4.89. The third kappa shape index (κ3) is 6.41. The molecule has 8 heteroatoms. The molecule has 0 saturated carbocycles. The van der Waals surface area contributed by atoms with Crippen molar-refractivity contribution in [3.05, 3.63) is 52.0 Å². The average molecular weight is 356 g/mol. The molecule has 0 radical (unpaired) electrons. The summed E-state index contributed by atoms with van der Waals surface area (Å²) >= 11 is 1.53. The van der Waals surface area contributed by atoms with Crippen molar-refractivity contribution in [2.24, 2.45) is 0 Å². The van der Waals surface area contributed by atoms with E-state index in [2.05, 4.69) is 4.98 Å².